The van der Waals surface area contributed by atoms with Crippen LogP contribution in [0, 0.1) is 12.8 Å². The summed E-state index contributed by atoms with van der Waals surface area (Å²) in [5.74, 6) is 0.910. The van der Waals surface area contributed by atoms with Gasteiger partial charge in [-0.2, -0.15) is 0 Å². The first-order chi connectivity index (χ1) is 9.33. The molecular formula is C17H27ClN2. The van der Waals surface area contributed by atoms with Gasteiger partial charge in [0.1, 0.15) is 0 Å². The van der Waals surface area contributed by atoms with E-state index < -0.39 is 0 Å². The van der Waals surface area contributed by atoms with Gasteiger partial charge in [0.05, 0.1) is 0 Å². The van der Waals surface area contributed by atoms with E-state index in [9.17, 15) is 0 Å². The summed E-state index contributed by atoms with van der Waals surface area (Å²) >= 11 is 0. The lowest BCUT2D eigenvalue weighted by Gasteiger charge is -2.31. The van der Waals surface area contributed by atoms with Gasteiger partial charge in [-0.1, -0.05) is 29.8 Å². The molecule has 0 spiro atoms. The molecule has 0 aromatic heterocycles. The Bertz CT molecular complexity index is 398. The Kier molecular flexibility index (Phi) is 5.88. The van der Waals surface area contributed by atoms with Gasteiger partial charge in [-0.15, -0.1) is 12.4 Å². The number of rotatable bonds is 3. The van der Waals surface area contributed by atoms with Gasteiger partial charge in [-0.25, -0.2) is 0 Å². The van der Waals surface area contributed by atoms with E-state index in [0.717, 1.165) is 5.92 Å². The molecule has 2 aliphatic heterocycles. The average Bonchev–Trinajstić information content (AvgIpc) is 2.89. The minimum absolute atomic E-state index is 0. The highest BCUT2D eigenvalue weighted by Gasteiger charge is 2.28. The van der Waals surface area contributed by atoms with Gasteiger partial charge in [-0.05, 0) is 63.7 Å². The van der Waals surface area contributed by atoms with Gasteiger partial charge < -0.3 is 5.32 Å². The Hall–Kier alpha value is -0.570. The third-order valence-electron chi connectivity index (χ3n) is 4.78. The molecule has 3 rings (SSSR count). The van der Waals surface area contributed by atoms with Crippen LogP contribution in [-0.2, 0) is 0 Å². The van der Waals surface area contributed by atoms with Crippen molar-refractivity contribution in [3.63, 3.8) is 0 Å². The number of nitrogens with zero attached hydrogens (tertiary/aromatic N) is 1. The van der Waals surface area contributed by atoms with E-state index in [-0.39, 0.29) is 12.4 Å². The lowest BCUT2D eigenvalue weighted by Crippen LogP contribution is -2.36. The maximum Gasteiger partial charge on any atom is 0.0348 e. The zero-order valence-electron chi connectivity index (χ0n) is 12.5. The second-order valence-electron chi connectivity index (χ2n) is 6.26. The Morgan fingerprint density at radius 1 is 1.10 bits per heavy atom. The summed E-state index contributed by atoms with van der Waals surface area (Å²) in [4.78, 5) is 2.74. The molecule has 2 nitrogen and oxygen atoms in total. The SMILES string of the molecule is Cc1ccc(C2CCCN2CC2CCNCC2)cc1.Cl. The van der Waals surface area contributed by atoms with Crippen molar-refractivity contribution in [1.82, 2.24) is 10.2 Å². The van der Waals surface area contributed by atoms with E-state index in [2.05, 4.69) is 41.4 Å². The Labute approximate surface area is 129 Å². The fourth-order valence-electron chi connectivity index (χ4n) is 3.61. The lowest BCUT2D eigenvalue weighted by molar-refractivity contribution is 0.193. The summed E-state index contributed by atoms with van der Waals surface area (Å²) in [6.45, 7) is 7.20. The molecule has 1 atom stereocenters. The van der Waals surface area contributed by atoms with Crippen molar-refractivity contribution in [2.24, 2.45) is 5.92 Å². The molecule has 1 N–H and O–H groups in total. The minimum Gasteiger partial charge on any atom is -0.317 e. The Morgan fingerprint density at radius 3 is 2.50 bits per heavy atom. The highest BCUT2D eigenvalue weighted by atomic mass is 35.5. The molecule has 3 heteroatoms. The van der Waals surface area contributed by atoms with Crippen molar-refractivity contribution in [3.05, 3.63) is 35.4 Å². The van der Waals surface area contributed by atoms with Gasteiger partial charge >= 0.3 is 0 Å². The predicted octanol–water partition coefficient (Wildman–Crippen LogP) is 3.55. The molecule has 0 radical (unpaired) electrons. The first-order valence-electron chi connectivity index (χ1n) is 7.84. The molecule has 2 saturated heterocycles. The molecule has 0 bridgehead atoms. The zero-order chi connectivity index (χ0) is 13.1. The second kappa shape index (κ2) is 7.44. The molecule has 112 valence electrons. The minimum atomic E-state index is 0. The van der Waals surface area contributed by atoms with Crippen molar-refractivity contribution in [2.45, 2.75) is 38.6 Å². The highest BCUT2D eigenvalue weighted by molar-refractivity contribution is 5.85. The fraction of sp³-hybridized carbons (Fsp3) is 0.647. The number of hydrogen-bond donors (Lipinski definition) is 1. The zero-order valence-corrected chi connectivity index (χ0v) is 13.3. The average molecular weight is 295 g/mol. The smallest absolute Gasteiger partial charge is 0.0348 e. The number of halogens is 1. The number of nitrogens with one attached hydrogen (secondary N) is 1. The van der Waals surface area contributed by atoms with E-state index >= 15 is 0 Å². The molecule has 1 unspecified atom stereocenters. The molecular weight excluding hydrogens is 268 g/mol. The lowest BCUT2D eigenvalue weighted by atomic mass is 9.96. The maximum absolute atomic E-state index is 3.47. The van der Waals surface area contributed by atoms with Crippen molar-refractivity contribution < 1.29 is 0 Å². The molecule has 1 aromatic rings. The van der Waals surface area contributed by atoms with Crippen LogP contribution in [0.5, 0.6) is 0 Å². The van der Waals surface area contributed by atoms with Crippen LogP contribution in [-0.4, -0.2) is 31.1 Å². The summed E-state index contributed by atoms with van der Waals surface area (Å²) in [7, 11) is 0. The molecule has 2 fully saturated rings. The number of hydrogen-bond acceptors (Lipinski definition) is 2. The van der Waals surface area contributed by atoms with E-state index in [0.29, 0.717) is 6.04 Å². The Morgan fingerprint density at radius 2 is 1.80 bits per heavy atom. The van der Waals surface area contributed by atoms with Gasteiger partial charge in [-0.3, -0.25) is 4.90 Å². The molecule has 0 amide bonds. The molecule has 20 heavy (non-hydrogen) atoms. The van der Waals surface area contributed by atoms with E-state index in [1.54, 1.807) is 0 Å². The third-order valence-corrected chi connectivity index (χ3v) is 4.78. The van der Waals surface area contributed by atoms with Crippen LogP contribution in [0.3, 0.4) is 0 Å². The van der Waals surface area contributed by atoms with Crippen molar-refractivity contribution >= 4 is 12.4 Å². The predicted molar refractivity (Wildman–Crippen MR) is 87.6 cm³/mol. The van der Waals surface area contributed by atoms with Crippen LogP contribution in [0.1, 0.15) is 42.9 Å². The molecule has 0 saturated carbocycles. The molecule has 2 heterocycles. The number of likely N-dealkylation sites (tertiary alicyclic amines) is 1. The standard InChI is InChI=1S/C17H26N2.ClH/c1-14-4-6-16(7-5-14)17-3-2-12-19(17)13-15-8-10-18-11-9-15;/h4-7,15,17-18H,2-3,8-13H2,1H3;1H. The highest BCUT2D eigenvalue weighted by Crippen LogP contribution is 2.33. The maximum atomic E-state index is 3.47. The van der Waals surface area contributed by atoms with Crippen LogP contribution in [0.15, 0.2) is 24.3 Å². The van der Waals surface area contributed by atoms with Gasteiger partial charge in [0.15, 0.2) is 0 Å². The normalized spacial score (nSPS) is 24.6. The van der Waals surface area contributed by atoms with Crippen molar-refractivity contribution in [2.75, 3.05) is 26.2 Å². The summed E-state index contributed by atoms with van der Waals surface area (Å²) in [5.41, 5.74) is 2.89. The summed E-state index contributed by atoms with van der Waals surface area (Å²) < 4.78 is 0. The number of benzene rings is 1. The van der Waals surface area contributed by atoms with Crippen LogP contribution in [0.2, 0.25) is 0 Å². The van der Waals surface area contributed by atoms with Gasteiger partial charge in [0.2, 0.25) is 0 Å². The largest absolute Gasteiger partial charge is 0.317 e. The van der Waals surface area contributed by atoms with Crippen LogP contribution < -0.4 is 5.32 Å². The van der Waals surface area contributed by atoms with Gasteiger partial charge in [0, 0.05) is 12.6 Å². The summed E-state index contributed by atoms with van der Waals surface area (Å²) in [5, 5.41) is 3.47. The summed E-state index contributed by atoms with van der Waals surface area (Å²) in [6.07, 6.45) is 5.42. The van der Waals surface area contributed by atoms with Crippen LogP contribution in [0.4, 0.5) is 0 Å². The third kappa shape index (κ3) is 3.75. The molecule has 2 aliphatic rings. The van der Waals surface area contributed by atoms with Gasteiger partial charge in [0.25, 0.3) is 0 Å². The number of aryl methyl sites for hydroxylation is 1. The van der Waals surface area contributed by atoms with Crippen molar-refractivity contribution in [1.29, 1.82) is 0 Å². The molecule has 1 aromatic carbocycles. The van der Waals surface area contributed by atoms with E-state index in [4.69, 9.17) is 0 Å². The second-order valence-corrected chi connectivity index (χ2v) is 6.26. The Balaban J connectivity index is 0.00000147. The summed E-state index contributed by atoms with van der Waals surface area (Å²) in [6, 6.07) is 9.87. The molecule has 0 aliphatic carbocycles. The van der Waals surface area contributed by atoms with E-state index in [1.165, 1.54) is 63.0 Å². The fourth-order valence-corrected chi connectivity index (χ4v) is 3.61. The first kappa shape index (κ1) is 15.8. The number of piperidine rings is 1. The topological polar surface area (TPSA) is 15.3 Å². The quantitative estimate of drug-likeness (QED) is 0.917. The first-order valence-corrected chi connectivity index (χ1v) is 7.84. The van der Waals surface area contributed by atoms with Crippen LogP contribution in [0.25, 0.3) is 0 Å². The van der Waals surface area contributed by atoms with Crippen LogP contribution >= 0.6 is 12.4 Å². The van der Waals surface area contributed by atoms with Crippen molar-refractivity contribution in [3.8, 4) is 0 Å². The monoisotopic (exact) mass is 294 g/mol. The van der Waals surface area contributed by atoms with E-state index in [1.807, 2.05) is 0 Å².